The van der Waals surface area contributed by atoms with Gasteiger partial charge in [0.05, 0.1) is 11.6 Å². The molecule has 1 saturated carbocycles. The Bertz CT molecular complexity index is 465. The van der Waals surface area contributed by atoms with E-state index in [0.717, 1.165) is 19.3 Å². The zero-order valence-corrected chi connectivity index (χ0v) is 9.30. The van der Waals surface area contributed by atoms with Crippen molar-refractivity contribution in [2.75, 3.05) is 0 Å². The monoisotopic (exact) mass is 231 g/mol. The van der Waals surface area contributed by atoms with Crippen molar-refractivity contribution in [1.82, 2.24) is 9.88 Å². The van der Waals surface area contributed by atoms with Crippen LogP contribution in [0.5, 0.6) is 0 Å². The first kappa shape index (κ1) is 10.4. The molecule has 1 aliphatic heterocycles. The molecule has 17 heavy (non-hydrogen) atoms. The van der Waals surface area contributed by atoms with Gasteiger partial charge in [-0.25, -0.2) is 0 Å². The van der Waals surface area contributed by atoms with Gasteiger partial charge < -0.3 is 5.73 Å². The molecule has 2 atom stereocenters. The summed E-state index contributed by atoms with van der Waals surface area (Å²) in [6.07, 6.45) is 4.16. The van der Waals surface area contributed by atoms with Crippen molar-refractivity contribution in [3.8, 4) is 0 Å². The summed E-state index contributed by atoms with van der Waals surface area (Å²) in [7, 11) is 0. The second-order valence-corrected chi connectivity index (χ2v) is 4.54. The third-order valence-corrected chi connectivity index (χ3v) is 3.54. The fourth-order valence-corrected chi connectivity index (χ4v) is 2.68. The number of aromatic nitrogens is 1. The number of amides is 2. The van der Waals surface area contributed by atoms with Crippen LogP contribution in [0.1, 0.15) is 40.1 Å². The first-order valence-corrected chi connectivity index (χ1v) is 5.78. The van der Waals surface area contributed by atoms with Gasteiger partial charge in [-0.05, 0) is 31.4 Å². The van der Waals surface area contributed by atoms with Crippen LogP contribution >= 0.6 is 0 Å². The fourth-order valence-electron chi connectivity index (χ4n) is 2.68. The Morgan fingerprint density at radius 2 is 2.12 bits per heavy atom. The van der Waals surface area contributed by atoms with Crippen molar-refractivity contribution in [2.45, 2.75) is 31.3 Å². The average molecular weight is 231 g/mol. The zero-order valence-electron chi connectivity index (χ0n) is 9.30. The van der Waals surface area contributed by atoms with E-state index in [4.69, 9.17) is 5.73 Å². The number of hydrogen-bond donors (Lipinski definition) is 1. The van der Waals surface area contributed by atoms with Crippen LogP contribution in [0, 0.1) is 0 Å². The maximum absolute atomic E-state index is 12.1. The predicted molar refractivity (Wildman–Crippen MR) is 60.4 cm³/mol. The minimum absolute atomic E-state index is 0.0998. The van der Waals surface area contributed by atoms with E-state index < -0.39 is 0 Å². The van der Waals surface area contributed by atoms with E-state index in [1.165, 1.54) is 11.1 Å². The lowest BCUT2D eigenvalue weighted by atomic mass is 10.1. The molecule has 88 valence electrons. The van der Waals surface area contributed by atoms with Gasteiger partial charge in [0.1, 0.15) is 5.69 Å². The molecule has 0 bridgehead atoms. The Kier molecular flexibility index (Phi) is 2.22. The molecular weight excluding hydrogens is 218 g/mol. The van der Waals surface area contributed by atoms with Crippen LogP contribution in [0.4, 0.5) is 0 Å². The summed E-state index contributed by atoms with van der Waals surface area (Å²) in [6.45, 7) is 0. The molecule has 2 aliphatic rings. The quantitative estimate of drug-likeness (QED) is 0.716. The molecule has 1 aromatic heterocycles. The Morgan fingerprint density at radius 1 is 1.29 bits per heavy atom. The van der Waals surface area contributed by atoms with Crippen molar-refractivity contribution < 1.29 is 9.59 Å². The topological polar surface area (TPSA) is 76.3 Å². The van der Waals surface area contributed by atoms with Crippen LogP contribution in [-0.4, -0.2) is 33.8 Å². The van der Waals surface area contributed by atoms with Crippen molar-refractivity contribution in [3.63, 3.8) is 0 Å². The van der Waals surface area contributed by atoms with E-state index in [9.17, 15) is 9.59 Å². The van der Waals surface area contributed by atoms with E-state index in [1.807, 2.05) is 0 Å². The molecule has 2 N–H and O–H groups in total. The standard InChI is InChI=1S/C12H13N3O2/c13-8-4-1-5-9(8)15-11(16)7-3-2-6-14-10(7)12(15)17/h2-3,6,8-9H,1,4-5,13H2. The first-order chi connectivity index (χ1) is 8.20. The Balaban J connectivity index is 2.00. The number of imide groups is 1. The molecule has 1 aromatic rings. The summed E-state index contributed by atoms with van der Waals surface area (Å²) in [5.74, 6) is -0.548. The molecule has 2 heterocycles. The summed E-state index contributed by atoms with van der Waals surface area (Å²) in [5.41, 5.74) is 6.61. The van der Waals surface area contributed by atoms with E-state index in [1.54, 1.807) is 12.1 Å². The highest BCUT2D eigenvalue weighted by Gasteiger charge is 2.44. The molecule has 1 aliphatic carbocycles. The fraction of sp³-hybridized carbons (Fsp3) is 0.417. The molecule has 2 amide bonds. The van der Waals surface area contributed by atoms with E-state index in [0.29, 0.717) is 5.56 Å². The third kappa shape index (κ3) is 1.39. The summed E-state index contributed by atoms with van der Waals surface area (Å²) in [6, 6.07) is 3.05. The predicted octanol–water partition coefficient (Wildman–Crippen LogP) is 0.557. The third-order valence-electron chi connectivity index (χ3n) is 3.54. The molecule has 3 rings (SSSR count). The second-order valence-electron chi connectivity index (χ2n) is 4.54. The van der Waals surface area contributed by atoms with Gasteiger partial charge in [0.2, 0.25) is 0 Å². The summed E-state index contributed by atoms with van der Waals surface area (Å²) in [5, 5.41) is 0. The lowest BCUT2D eigenvalue weighted by Crippen LogP contribution is -2.47. The average Bonchev–Trinajstić information content (AvgIpc) is 2.84. The lowest BCUT2D eigenvalue weighted by molar-refractivity contribution is 0.0573. The van der Waals surface area contributed by atoms with E-state index in [-0.39, 0.29) is 29.6 Å². The highest BCUT2D eigenvalue weighted by atomic mass is 16.2. The van der Waals surface area contributed by atoms with Gasteiger partial charge in [0.25, 0.3) is 11.8 Å². The van der Waals surface area contributed by atoms with Gasteiger partial charge in [-0.1, -0.05) is 0 Å². The summed E-state index contributed by atoms with van der Waals surface area (Å²) in [4.78, 5) is 29.6. The number of pyridine rings is 1. The second kappa shape index (κ2) is 3.63. The maximum atomic E-state index is 12.1. The van der Waals surface area contributed by atoms with Gasteiger partial charge in [-0.15, -0.1) is 0 Å². The first-order valence-electron chi connectivity index (χ1n) is 5.78. The van der Waals surface area contributed by atoms with Crippen LogP contribution in [0.2, 0.25) is 0 Å². The maximum Gasteiger partial charge on any atom is 0.280 e. The Hall–Kier alpha value is -1.75. The number of nitrogens with two attached hydrogens (primary N) is 1. The molecule has 0 aromatic carbocycles. The number of carbonyl (C=O) groups excluding carboxylic acids is 2. The molecule has 2 unspecified atom stereocenters. The number of fused-ring (bicyclic) bond motifs is 1. The Morgan fingerprint density at radius 3 is 2.76 bits per heavy atom. The summed E-state index contributed by atoms with van der Waals surface area (Å²) >= 11 is 0. The molecular formula is C12H13N3O2. The normalized spacial score (nSPS) is 27.7. The minimum Gasteiger partial charge on any atom is -0.326 e. The van der Waals surface area contributed by atoms with Crippen LogP contribution in [-0.2, 0) is 0 Å². The SMILES string of the molecule is NC1CCCC1N1C(=O)c2cccnc2C1=O. The van der Waals surface area contributed by atoms with Crippen LogP contribution < -0.4 is 5.73 Å². The highest BCUT2D eigenvalue weighted by Crippen LogP contribution is 2.30. The smallest absolute Gasteiger partial charge is 0.280 e. The van der Waals surface area contributed by atoms with Crippen LogP contribution in [0.25, 0.3) is 0 Å². The molecule has 0 spiro atoms. The van der Waals surface area contributed by atoms with E-state index >= 15 is 0 Å². The lowest BCUT2D eigenvalue weighted by Gasteiger charge is -2.25. The van der Waals surface area contributed by atoms with Gasteiger partial charge in [0, 0.05) is 12.2 Å². The van der Waals surface area contributed by atoms with Gasteiger partial charge >= 0.3 is 0 Å². The van der Waals surface area contributed by atoms with Crippen molar-refractivity contribution in [3.05, 3.63) is 29.6 Å². The number of carbonyl (C=O) groups is 2. The number of nitrogens with zero attached hydrogens (tertiary/aromatic N) is 2. The summed E-state index contributed by atoms with van der Waals surface area (Å²) < 4.78 is 0. The number of rotatable bonds is 1. The number of hydrogen-bond acceptors (Lipinski definition) is 4. The largest absolute Gasteiger partial charge is 0.326 e. The van der Waals surface area contributed by atoms with Crippen molar-refractivity contribution in [2.24, 2.45) is 5.73 Å². The van der Waals surface area contributed by atoms with Crippen molar-refractivity contribution >= 4 is 11.8 Å². The van der Waals surface area contributed by atoms with E-state index in [2.05, 4.69) is 4.98 Å². The molecule has 5 nitrogen and oxygen atoms in total. The molecule has 1 fully saturated rings. The molecule has 5 heteroatoms. The van der Waals surface area contributed by atoms with Crippen LogP contribution in [0.3, 0.4) is 0 Å². The molecule has 0 saturated heterocycles. The highest BCUT2D eigenvalue weighted by molar-refractivity contribution is 6.20. The van der Waals surface area contributed by atoms with Gasteiger partial charge in [-0.3, -0.25) is 19.5 Å². The van der Waals surface area contributed by atoms with Gasteiger partial charge in [0.15, 0.2) is 0 Å². The van der Waals surface area contributed by atoms with Crippen molar-refractivity contribution in [1.29, 1.82) is 0 Å². The Labute approximate surface area is 98.6 Å². The van der Waals surface area contributed by atoms with Crippen LogP contribution in [0.15, 0.2) is 18.3 Å². The zero-order chi connectivity index (χ0) is 12.0. The minimum atomic E-state index is -0.298. The van der Waals surface area contributed by atoms with Gasteiger partial charge in [-0.2, -0.15) is 0 Å². The molecule has 0 radical (unpaired) electrons.